The third-order valence-electron chi connectivity index (χ3n) is 4.87. The first-order valence-corrected chi connectivity index (χ1v) is 12.1. The molecular weight excluding hydrogens is 424 g/mol. The smallest absolute Gasteiger partial charge is 0.242 e. The minimum atomic E-state index is -3.68. The summed E-state index contributed by atoms with van der Waals surface area (Å²) in [5, 5.41) is 12.3. The van der Waals surface area contributed by atoms with Crippen LogP contribution < -0.4 is 5.32 Å². The van der Waals surface area contributed by atoms with Gasteiger partial charge in [-0.2, -0.15) is 0 Å². The molecule has 1 aromatic heterocycles. The van der Waals surface area contributed by atoms with E-state index in [9.17, 15) is 18.0 Å². The number of carbonyl (C=O) groups excluding carboxylic acids is 2. The van der Waals surface area contributed by atoms with Gasteiger partial charge in [0.15, 0.2) is 5.78 Å². The molecule has 1 heterocycles. The number of amides is 1. The Morgan fingerprint density at radius 3 is 2.33 bits per heavy atom. The van der Waals surface area contributed by atoms with Gasteiger partial charge in [-0.25, -0.2) is 12.7 Å². The third-order valence-corrected chi connectivity index (χ3v) is 7.74. The van der Waals surface area contributed by atoms with Crippen LogP contribution in [-0.4, -0.2) is 48.2 Å². The number of sulfonamides is 1. The molecule has 1 amide bonds. The fourth-order valence-corrected chi connectivity index (χ4v) is 5.13. The molecule has 0 aliphatic rings. The van der Waals surface area contributed by atoms with Crippen molar-refractivity contribution < 1.29 is 18.0 Å². The number of Topliss-reactive ketones (excluding diaryl/α,β-unsaturated/α-hetero) is 1. The summed E-state index contributed by atoms with van der Waals surface area (Å²) >= 11 is 1.38. The molecule has 0 unspecified atom stereocenters. The highest BCUT2D eigenvalue weighted by atomic mass is 32.2. The molecule has 30 heavy (non-hydrogen) atoms. The average Bonchev–Trinajstić information content (AvgIpc) is 3.16. The lowest BCUT2D eigenvalue weighted by molar-refractivity contribution is -0.116. The van der Waals surface area contributed by atoms with Gasteiger partial charge in [0.25, 0.3) is 0 Å². The molecule has 2 aromatic rings. The van der Waals surface area contributed by atoms with Crippen LogP contribution in [0.4, 0.5) is 5.13 Å². The number of aromatic nitrogens is 2. The third kappa shape index (κ3) is 6.16. The van der Waals surface area contributed by atoms with E-state index in [2.05, 4.69) is 29.4 Å². The molecule has 0 fully saturated rings. The van der Waals surface area contributed by atoms with Crippen LogP contribution in [0.25, 0.3) is 0 Å². The molecular formula is C20H28N4O4S2. The fraction of sp³-hybridized carbons (Fsp3) is 0.500. The van der Waals surface area contributed by atoms with Crippen LogP contribution in [0.1, 0.15) is 67.7 Å². The summed E-state index contributed by atoms with van der Waals surface area (Å²) in [7, 11) is -2.21. The minimum Gasteiger partial charge on any atom is -0.301 e. The van der Waals surface area contributed by atoms with Crippen LogP contribution in [0, 0.1) is 0 Å². The number of benzene rings is 1. The van der Waals surface area contributed by atoms with Gasteiger partial charge < -0.3 is 5.32 Å². The first kappa shape index (κ1) is 24.1. The Bertz CT molecular complexity index is 967. The summed E-state index contributed by atoms with van der Waals surface area (Å²) in [6, 6.07) is 5.83. The molecule has 0 aliphatic heterocycles. The number of carbonyl (C=O) groups is 2. The van der Waals surface area contributed by atoms with Gasteiger partial charge in [0.05, 0.1) is 4.90 Å². The van der Waals surface area contributed by atoms with E-state index >= 15 is 0 Å². The number of hydrogen-bond donors (Lipinski definition) is 1. The van der Waals surface area contributed by atoms with Crippen molar-refractivity contribution in [2.24, 2.45) is 0 Å². The minimum absolute atomic E-state index is 0.113. The summed E-state index contributed by atoms with van der Waals surface area (Å²) in [4.78, 5) is 23.6. The van der Waals surface area contributed by atoms with Crippen molar-refractivity contribution >= 4 is 38.2 Å². The molecule has 2 rings (SSSR count). The van der Waals surface area contributed by atoms with E-state index in [1.54, 1.807) is 0 Å². The van der Waals surface area contributed by atoms with E-state index in [0.29, 0.717) is 23.0 Å². The standard InChI is InChI=1S/C20H28N4O4S2/c1-5-15(6-2)19-22-23-20(29-19)21-18(26)8-7-13-24(4)30(27,28)17-11-9-16(10-12-17)14(3)25/h9-12,15H,5-8,13H2,1-4H3,(H,21,23,26). The summed E-state index contributed by atoms with van der Waals surface area (Å²) in [5.41, 5.74) is 0.456. The highest BCUT2D eigenvalue weighted by molar-refractivity contribution is 7.89. The van der Waals surface area contributed by atoms with Crippen molar-refractivity contribution in [1.82, 2.24) is 14.5 Å². The Labute approximate surface area is 181 Å². The lowest BCUT2D eigenvalue weighted by Crippen LogP contribution is -2.28. The zero-order valence-corrected chi connectivity index (χ0v) is 19.3. The second-order valence-corrected chi connectivity index (χ2v) is 10.1. The first-order valence-electron chi connectivity index (χ1n) is 9.89. The fourth-order valence-electron chi connectivity index (χ4n) is 2.89. The normalized spacial score (nSPS) is 11.8. The Morgan fingerprint density at radius 2 is 1.77 bits per heavy atom. The molecule has 1 N–H and O–H groups in total. The van der Waals surface area contributed by atoms with Gasteiger partial charge >= 0.3 is 0 Å². The summed E-state index contributed by atoms with van der Waals surface area (Å²) in [6.07, 6.45) is 2.48. The van der Waals surface area contributed by atoms with Crippen molar-refractivity contribution in [3.05, 3.63) is 34.8 Å². The Morgan fingerprint density at radius 1 is 1.13 bits per heavy atom. The quantitative estimate of drug-likeness (QED) is 0.521. The Kier molecular flexibility index (Phi) is 8.63. The number of hydrogen-bond acceptors (Lipinski definition) is 7. The van der Waals surface area contributed by atoms with Gasteiger partial charge in [0.2, 0.25) is 21.1 Å². The summed E-state index contributed by atoms with van der Waals surface area (Å²) in [6.45, 7) is 5.81. The number of ketones is 1. The summed E-state index contributed by atoms with van der Waals surface area (Å²) in [5.74, 6) is -0.00356. The molecule has 0 radical (unpaired) electrons. The van der Waals surface area contributed by atoms with E-state index in [4.69, 9.17) is 0 Å². The average molecular weight is 453 g/mol. The molecule has 8 nitrogen and oxygen atoms in total. The second kappa shape index (κ2) is 10.7. The molecule has 0 spiro atoms. The van der Waals surface area contributed by atoms with Gasteiger partial charge in [-0.1, -0.05) is 37.3 Å². The molecule has 0 aliphatic carbocycles. The van der Waals surface area contributed by atoms with Gasteiger partial charge in [-0.15, -0.1) is 10.2 Å². The number of nitrogens with zero attached hydrogens (tertiary/aromatic N) is 3. The lowest BCUT2D eigenvalue weighted by Gasteiger charge is -2.17. The van der Waals surface area contributed by atoms with Crippen molar-refractivity contribution in [2.45, 2.75) is 57.3 Å². The highest BCUT2D eigenvalue weighted by Crippen LogP contribution is 2.28. The topological polar surface area (TPSA) is 109 Å². The van der Waals surface area contributed by atoms with Gasteiger partial charge in [-0.05, 0) is 38.3 Å². The zero-order chi connectivity index (χ0) is 22.3. The maximum atomic E-state index is 12.6. The van der Waals surface area contributed by atoms with Gasteiger partial charge in [0.1, 0.15) is 5.01 Å². The van der Waals surface area contributed by atoms with Crippen LogP contribution in [0.5, 0.6) is 0 Å². The highest BCUT2D eigenvalue weighted by Gasteiger charge is 2.21. The van der Waals surface area contributed by atoms with Crippen LogP contribution in [0.15, 0.2) is 29.2 Å². The van der Waals surface area contributed by atoms with Crippen LogP contribution in [0.3, 0.4) is 0 Å². The molecule has 0 bridgehead atoms. The largest absolute Gasteiger partial charge is 0.301 e. The predicted octanol–water partition coefficient (Wildman–Crippen LogP) is 3.68. The second-order valence-electron chi connectivity index (χ2n) is 7.02. The summed E-state index contributed by atoms with van der Waals surface area (Å²) < 4.78 is 26.5. The van der Waals surface area contributed by atoms with Crippen LogP contribution in [-0.2, 0) is 14.8 Å². The van der Waals surface area contributed by atoms with Crippen molar-refractivity contribution in [3.8, 4) is 0 Å². The maximum Gasteiger partial charge on any atom is 0.242 e. The molecule has 10 heteroatoms. The van der Waals surface area contributed by atoms with Gasteiger partial charge in [-0.3, -0.25) is 9.59 Å². The first-order chi connectivity index (χ1) is 14.2. The van der Waals surface area contributed by atoms with Crippen LogP contribution in [0.2, 0.25) is 0 Å². The number of nitrogens with one attached hydrogen (secondary N) is 1. The molecule has 0 saturated heterocycles. The van der Waals surface area contributed by atoms with Crippen molar-refractivity contribution in [3.63, 3.8) is 0 Å². The van der Waals surface area contributed by atoms with E-state index in [0.717, 1.165) is 17.8 Å². The molecule has 164 valence electrons. The van der Waals surface area contributed by atoms with E-state index in [-0.39, 0.29) is 29.6 Å². The zero-order valence-electron chi connectivity index (χ0n) is 17.7. The van der Waals surface area contributed by atoms with E-state index < -0.39 is 10.0 Å². The monoisotopic (exact) mass is 452 g/mol. The Balaban J connectivity index is 1.86. The van der Waals surface area contributed by atoms with Gasteiger partial charge in [0, 0.05) is 31.5 Å². The molecule has 1 aromatic carbocycles. The van der Waals surface area contributed by atoms with Crippen LogP contribution >= 0.6 is 11.3 Å². The lowest BCUT2D eigenvalue weighted by atomic mass is 10.1. The SMILES string of the molecule is CCC(CC)c1nnc(NC(=O)CCCN(C)S(=O)(=O)c2ccc(C(C)=O)cc2)s1. The molecule has 0 atom stereocenters. The number of rotatable bonds is 11. The number of anilines is 1. The predicted molar refractivity (Wildman–Crippen MR) is 117 cm³/mol. The van der Waals surface area contributed by atoms with E-state index in [1.165, 1.54) is 53.9 Å². The van der Waals surface area contributed by atoms with Crippen molar-refractivity contribution in [2.75, 3.05) is 18.9 Å². The Hall–Kier alpha value is -2.17. The molecule has 0 saturated carbocycles. The maximum absolute atomic E-state index is 12.6. The van der Waals surface area contributed by atoms with E-state index in [1.807, 2.05) is 0 Å². The van der Waals surface area contributed by atoms with Crippen molar-refractivity contribution in [1.29, 1.82) is 0 Å².